The predicted molar refractivity (Wildman–Crippen MR) is 86.2 cm³/mol. The second-order valence-electron chi connectivity index (χ2n) is 6.46. The van der Waals surface area contributed by atoms with Crippen molar-refractivity contribution in [2.24, 2.45) is 11.8 Å². The Labute approximate surface area is 157 Å². The first kappa shape index (κ1) is 25.4. The van der Waals surface area contributed by atoms with Crippen LogP contribution >= 0.6 is 0 Å². The minimum atomic E-state index is -1.18. The van der Waals surface area contributed by atoms with Gasteiger partial charge in [-0.05, 0) is 25.8 Å². The number of aliphatic hydroxyl groups is 1. The monoisotopic (exact) mass is 336 g/mol. The number of carbonyl (C=O) groups excluding carboxylic acids is 1. The van der Waals surface area contributed by atoms with E-state index < -0.39 is 23.8 Å². The van der Waals surface area contributed by atoms with Crippen LogP contribution in [0.5, 0.6) is 0 Å². The number of hydrogen-bond acceptors (Lipinski definition) is 4. The van der Waals surface area contributed by atoms with E-state index in [1.54, 1.807) is 6.92 Å². The molecule has 0 aliphatic heterocycles. The molecule has 0 radical (unpaired) electrons. The Morgan fingerprint density at radius 2 is 1.71 bits per heavy atom. The zero-order valence-corrected chi connectivity index (χ0v) is 15.5. The summed E-state index contributed by atoms with van der Waals surface area (Å²) in [7, 11) is 0. The van der Waals surface area contributed by atoms with Gasteiger partial charge in [0.05, 0.1) is 19.6 Å². The Kier molecular flexibility index (Phi) is 14.3. The van der Waals surface area contributed by atoms with Crippen LogP contribution in [0.4, 0.5) is 0 Å². The summed E-state index contributed by atoms with van der Waals surface area (Å²) in [5.41, 5.74) is 0. The van der Waals surface area contributed by atoms with Gasteiger partial charge in [0.1, 0.15) is 5.92 Å². The summed E-state index contributed by atoms with van der Waals surface area (Å²) in [6, 6.07) is 0. The molecule has 24 heavy (non-hydrogen) atoms. The average Bonchev–Trinajstić information content (AvgIpc) is 2.50. The molecule has 0 aromatic carbocycles. The van der Waals surface area contributed by atoms with Crippen molar-refractivity contribution in [1.29, 1.82) is 0 Å². The van der Waals surface area contributed by atoms with Crippen LogP contribution < -0.4 is 24.0 Å². The van der Waals surface area contributed by atoms with E-state index in [0.29, 0.717) is 6.54 Å². The van der Waals surface area contributed by atoms with E-state index >= 15 is 0 Å². The number of nitrogens with zero attached hydrogens (tertiary/aromatic N) is 1. The van der Waals surface area contributed by atoms with Crippen LogP contribution in [0.1, 0.15) is 46.5 Å². The SMILES string of the molecule is CCCCC/C=C/C[N+](CO)(CC(C)C(=O)[O-])CC(C)C(=O)O.[Li+]. The van der Waals surface area contributed by atoms with Gasteiger partial charge in [-0.15, -0.1) is 0 Å². The molecule has 6 nitrogen and oxygen atoms in total. The van der Waals surface area contributed by atoms with Crippen LogP contribution in [-0.4, -0.2) is 53.0 Å². The molecule has 0 fully saturated rings. The summed E-state index contributed by atoms with van der Waals surface area (Å²) in [6.45, 7) is 5.67. The van der Waals surface area contributed by atoms with E-state index in [2.05, 4.69) is 6.92 Å². The minimum Gasteiger partial charge on any atom is -0.550 e. The fourth-order valence-electron chi connectivity index (χ4n) is 2.64. The number of carbonyl (C=O) groups is 2. The smallest absolute Gasteiger partial charge is 0.550 e. The van der Waals surface area contributed by atoms with Gasteiger partial charge >= 0.3 is 24.8 Å². The van der Waals surface area contributed by atoms with Crippen molar-refractivity contribution in [2.45, 2.75) is 46.5 Å². The zero-order valence-electron chi connectivity index (χ0n) is 15.5. The van der Waals surface area contributed by atoms with Crippen LogP contribution in [-0.2, 0) is 9.59 Å². The third kappa shape index (κ3) is 10.1. The molecule has 0 aliphatic carbocycles. The van der Waals surface area contributed by atoms with Gasteiger partial charge in [-0.2, -0.15) is 0 Å². The largest absolute Gasteiger partial charge is 1.00 e. The molecular formula is C17H31LiNO5+. The maximum Gasteiger partial charge on any atom is 1.00 e. The molecule has 0 aliphatic rings. The summed E-state index contributed by atoms with van der Waals surface area (Å²) in [5, 5.41) is 29.9. The predicted octanol–water partition coefficient (Wildman–Crippen LogP) is -2.00. The number of hydrogen-bond donors (Lipinski definition) is 2. The number of aliphatic carboxylic acids is 2. The fourth-order valence-corrected chi connectivity index (χ4v) is 2.64. The van der Waals surface area contributed by atoms with Crippen molar-refractivity contribution >= 4 is 11.9 Å². The maximum absolute atomic E-state index is 11.1. The number of rotatable bonds is 13. The third-order valence-corrected chi connectivity index (χ3v) is 4.08. The van der Waals surface area contributed by atoms with E-state index in [9.17, 15) is 19.8 Å². The molecule has 3 unspecified atom stereocenters. The van der Waals surface area contributed by atoms with E-state index in [1.807, 2.05) is 12.2 Å². The molecule has 0 saturated heterocycles. The molecule has 134 valence electrons. The van der Waals surface area contributed by atoms with E-state index in [1.165, 1.54) is 6.92 Å². The molecule has 0 saturated carbocycles. The molecule has 0 spiro atoms. The molecule has 0 aromatic rings. The van der Waals surface area contributed by atoms with Crippen molar-refractivity contribution in [3.05, 3.63) is 12.2 Å². The van der Waals surface area contributed by atoms with Crippen molar-refractivity contribution in [3.63, 3.8) is 0 Å². The Morgan fingerprint density at radius 3 is 2.17 bits per heavy atom. The van der Waals surface area contributed by atoms with Gasteiger partial charge in [0.2, 0.25) is 0 Å². The van der Waals surface area contributed by atoms with Crippen LogP contribution in [0.2, 0.25) is 0 Å². The molecular weight excluding hydrogens is 305 g/mol. The molecule has 7 heteroatoms. The summed E-state index contributed by atoms with van der Waals surface area (Å²) in [6.07, 6.45) is 8.26. The Bertz CT molecular complexity index is 378. The first-order chi connectivity index (χ1) is 10.8. The van der Waals surface area contributed by atoms with Crippen molar-refractivity contribution < 1.29 is 48.3 Å². The third-order valence-electron chi connectivity index (χ3n) is 4.08. The Balaban J connectivity index is 0. The van der Waals surface area contributed by atoms with Crippen LogP contribution in [0.3, 0.4) is 0 Å². The number of carboxylic acids is 2. The van der Waals surface area contributed by atoms with Gasteiger partial charge in [-0.1, -0.05) is 32.8 Å². The first-order valence-electron chi connectivity index (χ1n) is 8.32. The Morgan fingerprint density at radius 1 is 1.12 bits per heavy atom. The van der Waals surface area contributed by atoms with E-state index in [-0.39, 0.29) is 43.2 Å². The fraction of sp³-hybridized carbons (Fsp3) is 0.765. The normalized spacial score (nSPS) is 16.2. The number of carboxylic acid groups (broad SMARTS) is 2. The second-order valence-corrected chi connectivity index (χ2v) is 6.46. The Hall–Kier alpha value is -0.803. The topological polar surface area (TPSA) is 97.7 Å². The summed E-state index contributed by atoms with van der Waals surface area (Å²) < 4.78 is 0.0207. The number of allylic oxidation sites excluding steroid dienone is 1. The van der Waals surface area contributed by atoms with Crippen LogP contribution in [0, 0.1) is 11.8 Å². The van der Waals surface area contributed by atoms with Crippen molar-refractivity contribution in [2.75, 3.05) is 26.4 Å². The molecule has 0 amide bonds. The summed E-state index contributed by atoms with van der Waals surface area (Å²) >= 11 is 0. The maximum atomic E-state index is 11.1. The number of quaternary nitrogens is 1. The quantitative estimate of drug-likeness (QED) is 0.133. The zero-order chi connectivity index (χ0) is 17.9. The average molecular weight is 336 g/mol. The van der Waals surface area contributed by atoms with Gasteiger partial charge < -0.3 is 20.1 Å². The van der Waals surface area contributed by atoms with Gasteiger partial charge in [-0.25, -0.2) is 0 Å². The number of unbranched alkanes of at least 4 members (excludes halogenated alkanes) is 3. The van der Waals surface area contributed by atoms with Crippen molar-refractivity contribution in [1.82, 2.24) is 0 Å². The molecule has 0 bridgehead atoms. The van der Waals surface area contributed by atoms with E-state index in [0.717, 1.165) is 25.7 Å². The standard InChI is InChI=1S/C17H31NO5.Li/c1-4-5-6-7-8-9-10-18(13-19,11-14(2)16(20)21)12-15(3)17(22)23;/h8-9,14-15,19H,4-7,10-13H2,1-3H3,(H-,20,21,22,23);/q;+1/b9-8+;. The summed E-state index contributed by atoms with van der Waals surface area (Å²) in [5.74, 6) is -3.55. The number of aliphatic hydroxyl groups excluding tert-OH is 1. The summed E-state index contributed by atoms with van der Waals surface area (Å²) in [4.78, 5) is 22.1. The van der Waals surface area contributed by atoms with Crippen LogP contribution in [0.25, 0.3) is 0 Å². The molecule has 0 aromatic heterocycles. The molecule has 0 rings (SSSR count). The van der Waals surface area contributed by atoms with Crippen molar-refractivity contribution in [3.8, 4) is 0 Å². The van der Waals surface area contributed by atoms with Gasteiger partial charge in [0, 0.05) is 11.9 Å². The molecule has 2 N–H and O–H groups in total. The second kappa shape index (κ2) is 13.5. The molecule has 0 heterocycles. The van der Waals surface area contributed by atoms with E-state index in [4.69, 9.17) is 5.11 Å². The van der Waals surface area contributed by atoms with Gasteiger partial charge in [-0.3, -0.25) is 9.28 Å². The van der Waals surface area contributed by atoms with Crippen LogP contribution in [0.15, 0.2) is 12.2 Å². The van der Waals surface area contributed by atoms with Gasteiger partial charge in [0.15, 0.2) is 6.73 Å². The molecule has 3 atom stereocenters. The minimum absolute atomic E-state index is 0. The first-order valence-corrected chi connectivity index (χ1v) is 8.32. The van der Waals surface area contributed by atoms with Gasteiger partial charge in [0.25, 0.3) is 0 Å².